The first-order chi connectivity index (χ1) is 13.8. The predicted octanol–water partition coefficient (Wildman–Crippen LogP) is 3.90. The fraction of sp³-hybridized carbons (Fsp3) is 0.208. The van der Waals surface area contributed by atoms with Crippen LogP contribution in [0.3, 0.4) is 0 Å². The van der Waals surface area contributed by atoms with E-state index in [4.69, 9.17) is 0 Å². The van der Waals surface area contributed by atoms with Crippen molar-refractivity contribution in [2.45, 2.75) is 24.8 Å². The second-order valence-electron chi connectivity index (χ2n) is 7.50. The Morgan fingerprint density at radius 3 is 2.57 bits per heavy atom. The number of nitrogens with zero attached hydrogens (tertiary/aromatic N) is 2. The number of aromatic nitrogens is 1. The minimum absolute atomic E-state index is 0.0781. The molecule has 0 spiro atoms. The lowest BCUT2D eigenvalue weighted by Gasteiger charge is -2.22. The van der Waals surface area contributed by atoms with E-state index in [1.165, 1.54) is 11.1 Å². The van der Waals surface area contributed by atoms with Crippen LogP contribution in [0.25, 0.3) is 11.1 Å². The van der Waals surface area contributed by atoms with E-state index in [2.05, 4.69) is 45.6 Å². The lowest BCUT2D eigenvalue weighted by Crippen LogP contribution is -2.41. The number of pyridine rings is 1. The first-order valence-corrected chi connectivity index (χ1v) is 9.71. The van der Waals surface area contributed by atoms with E-state index in [-0.39, 0.29) is 11.4 Å². The summed E-state index contributed by atoms with van der Waals surface area (Å²) >= 11 is 0. The molecule has 1 aliphatic heterocycles. The van der Waals surface area contributed by atoms with E-state index in [1.807, 2.05) is 36.5 Å². The summed E-state index contributed by atoms with van der Waals surface area (Å²) < 4.78 is 0. The standard InChI is InChI=1S/C24H21N3O/c28-23(27-24(11-12-24)20-6-2-1-3-7-20)22-21-15-18(19-5-4-13-25-16-19)9-8-17(21)10-14-26-22/h1-9,13,15-16H,10-12,14H2,(H,27,28). The molecule has 1 N–H and O–H groups in total. The van der Waals surface area contributed by atoms with Crippen LogP contribution >= 0.6 is 0 Å². The maximum atomic E-state index is 13.2. The van der Waals surface area contributed by atoms with Gasteiger partial charge >= 0.3 is 0 Å². The van der Waals surface area contributed by atoms with Crippen molar-refractivity contribution in [2.75, 3.05) is 6.54 Å². The molecule has 0 radical (unpaired) electrons. The van der Waals surface area contributed by atoms with Crippen LogP contribution in [0.1, 0.15) is 29.5 Å². The van der Waals surface area contributed by atoms with Crippen LogP contribution in [-0.2, 0) is 16.8 Å². The SMILES string of the molecule is O=C(NC1(c2ccccc2)CC1)C1=NCCc2ccc(-c3cccnc3)cc21. The number of nitrogens with one attached hydrogen (secondary N) is 1. The van der Waals surface area contributed by atoms with Gasteiger partial charge in [-0.1, -0.05) is 48.5 Å². The molecule has 1 aromatic heterocycles. The highest BCUT2D eigenvalue weighted by Crippen LogP contribution is 2.45. The normalized spacial score (nSPS) is 16.6. The van der Waals surface area contributed by atoms with Gasteiger partial charge in [-0.15, -0.1) is 0 Å². The number of carbonyl (C=O) groups is 1. The van der Waals surface area contributed by atoms with Gasteiger partial charge in [0.15, 0.2) is 0 Å². The molecule has 0 saturated heterocycles. The lowest BCUT2D eigenvalue weighted by atomic mass is 9.92. The van der Waals surface area contributed by atoms with Crippen molar-refractivity contribution in [3.8, 4) is 11.1 Å². The molecule has 0 unspecified atom stereocenters. The monoisotopic (exact) mass is 367 g/mol. The topological polar surface area (TPSA) is 54.4 Å². The zero-order valence-electron chi connectivity index (χ0n) is 15.6. The van der Waals surface area contributed by atoms with Crippen LogP contribution in [0.15, 0.2) is 78.0 Å². The summed E-state index contributed by atoms with van der Waals surface area (Å²) in [6.07, 6.45) is 6.41. The van der Waals surface area contributed by atoms with Crippen molar-refractivity contribution >= 4 is 11.6 Å². The molecule has 0 bridgehead atoms. The molecule has 0 atom stereocenters. The zero-order valence-corrected chi connectivity index (χ0v) is 15.6. The molecule has 138 valence electrons. The molecule has 3 aromatic rings. The second kappa shape index (κ2) is 6.71. The van der Waals surface area contributed by atoms with Crippen molar-refractivity contribution in [1.29, 1.82) is 0 Å². The smallest absolute Gasteiger partial charge is 0.270 e. The highest BCUT2D eigenvalue weighted by Gasteiger charge is 2.46. The summed E-state index contributed by atoms with van der Waals surface area (Å²) in [5, 5.41) is 3.27. The minimum atomic E-state index is -0.237. The average Bonchev–Trinajstić information content (AvgIpc) is 3.55. The summed E-state index contributed by atoms with van der Waals surface area (Å²) in [4.78, 5) is 22.0. The van der Waals surface area contributed by atoms with Crippen molar-refractivity contribution in [1.82, 2.24) is 10.3 Å². The number of hydrogen-bond donors (Lipinski definition) is 1. The Hall–Kier alpha value is -3.27. The first-order valence-electron chi connectivity index (χ1n) is 9.71. The van der Waals surface area contributed by atoms with Gasteiger partial charge in [0.25, 0.3) is 5.91 Å². The molecule has 2 aliphatic rings. The lowest BCUT2D eigenvalue weighted by molar-refractivity contribution is -0.115. The Kier molecular flexibility index (Phi) is 4.05. The Morgan fingerprint density at radius 2 is 1.82 bits per heavy atom. The van der Waals surface area contributed by atoms with Gasteiger partial charge in [0.05, 0.1) is 5.54 Å². The number of fused-ring (bicyclic) bond motifs is 1. The summed E-state index contributed by atoms with van der Waals surface area (Å²) in [5.41, 5.74) is 5.70. The quantitative estimate of drug-likeness (QED) is 0.760. The van der Waals surface area contributed by atoms with Gasteiger partial charge < -0.3 is 5.32 Å². The minimum Gasteiger partial charge on any atom is -0.341 e. The third-order valence-corrected chi connectivity index (χ3v) is 5.66. The molecular formula is C24H21N3O. The van der Waals surface area contributed by atoms with Crippen LogP contribution < -0.4 is 5.32 Å². The molecule has 2 heterocycles. The number of aliphatic imine (C=N–C) groups is 1. The van der Waals surface area contributed by atoms with E-state index < -0.39 is 0 Å². The van der Waals surface area contributed by atoms with Gasteiger partial charge in [0.2, 0.25) is 0 Å². The highest BCUT2D eigenvalue weighted by molar-refractivity contribution is 6.46. The van der Waals surface area contributed by atoms with Gasteiger partial charge in [-0.25, -0.2) is 0 Å². The van der Waals surface area contributed by atoms with E-state index >= 15 is 0 Å². The summed E-state index contributed by atoms with van der Waals surface area (Å²) in [6, 6.07) is 20.5. The number of rotatable bonds is 4. The maximum Gasteiger partial charge on any atom is 0.270 e. The number of amides is 1. The van der Waals surface area contributed by atoms with E-state index in [0.29, 0.717) is 12.3 Å². The third kappa shape index (κ3) is 3.01. The van der Waals surface area contributed by atoms with Crippen molar-refractivity contribution in [3.05, 3.63) is 89.7 Å². The molecular weight excluding hydrogens is 346 g/mol. The van der Waals surface area contributed by atoms with Gasteiger partial charge in [0.1, 0.15) is 5.71 Å². The molecule has 5 rings (SSSR count). The molecule has 1 fully saturated rings. The van der Waals surface area contributed by atoms with Crippen LogP contribution in [0, 0.1) is 0 Å². The van der Waals surface area contributed by atoms with Gasteiger partial charge in [-0.2, -0.15) is 0 Å². The van der Waals surface area contributed by atoms with Crippen LogP contribution in [0.5, 0.6) is 0 Å². The average molecular weight is 367 g/mol. The van der Waals surface area contributed by atoms with Gasteiger partial charge in [-0.05, 0) is 48.1 Å². The summed E-state index contributed by atoms with van der Waals surface area (Å²) in [6.45, 7) is 0.653. The zero-order chi connectivity index (χ0) is 19.0. The molecule has 4 nitrogen and oxygen atoms in total. The second-order valence-corrected chi connectivity index (χ2v) is 7.50. The van der Waals surface area contributed by atoms with Gasteiger partial charge in [0, 0.05) is 30.1 Å². The van der Waals surface area contributed by atoms with Crippen molar-refractivity contribution < 1.29 is 4.79 Å². The largest absolute Gasteiger partial charge is 0.341 e. The number of hydrogen-bond acceptors (Lipinski definition) is 3. The van der Waals surface area contributed by atoms with E-state index in [1.54, 1.807) is 6.20 Å². The Bertz CT molecular complexity index is 1050. The van der Waals surface area contributed by atoms with E-state index in [0.717, 1.165) is 36.0 Å². The Labute approximate surface area is 164 Å². The third-order valence-electron chi connectivity index (χ3n) is 5.66. The molecule has 2 aromatic carbocycles. The maximum absolute atomic E-state index is 13.2. The van der Waals surface area contributed by atoms with Crippen molar-refractivity contribution in [3.63, 3.8) is 0 Å². The first kappa shape index (κ1) is 16.9. The molecule has 28 heavy (non-hydrogen) atoms. The van der Waals surface area contributed by atoms with E-state index in [9.17, 15) is 4.79 Å². The number of carbonyl (C=O) groups excluding carboxylic acids is 1. The van der Waals surface area contributed by atoms with Crippen LogP contribution in [0.4, 0.5) is 0 Å². The predicted molar refractivity (Wildman–Crippen MR) is 110 cm³/mol. The van der Waals surface area contributed by atoms with Crippen LogP contribution in [-0.4, -0.2) is 23.1 Å². The van der Waals surface area contributed by atoms with Crippen molar-refractivity contribution in [2.24, 2.45) is 4.99 Å². The Balaban J connectivity index is 1.46. The fourth-order valence-electron chi connectivity index (χ4n) is 3.94. The van der Waals surface area contributed by atoms with Gasteiger partial charge in [-0.3, -0.25) is 14.8 Å². The van der Waals surface area contributed by atoms with Crippen LogP contribution in [0.2, 0.25) is 0 Å². The Morgan fingerprint density at radius 1 is 0.964 bits per heavy atom. The number of benzene rings is 2. The molecule has 1 aliphatic carbocycles. The molecule has 1 amide bonds. The molecule has 1 saturated carbocycles. The highest BCUT2D eigenvalue weighted by atomic mass is 16.2. The summed E-state index contributed by atoms with van der Waals surface area (Å²) in [5.74, 6) is -0.0781. The summed E-state index contributed by atoms with van der Waals surface area (Å²) in [7, 11) is 0. The fourth-order valence-corrected chi connectivity index (χ4v) is 3.94. The molecule has 4 heteroatoms.